The van der Waals surface area contributed by atoms with Crippen molar-refractivity contribution in [3.05, 3.63) is 101 Å². The molecule has 0 bridgehead atoms. The van der Waals surface area contributed by atoms with Crippen LogP contribution in [0.5, 0.6) is 0 Å². The third kappa shape index (κ3) is 3.70. The highest BCUT2D eigenvalue weighted by Gasteiger charge is 2.51. The third-order valence-corrected chi connectivity index (χ3v) is 5.63. The Balaban J connectivity index is 1.65. The number of aliphatic hydroxyl groups is 1. The molecule has 4 rings (SSSR count). The number of amides is 2. The van der Waals surface area contributed by atoms with Crippen LogP contribution in [0.4, 0.5) is 10.1 Å². The van der Waals surface area contributed by atoms with Crippen molar-refractivity contribution in [3.63, 3.8) is 0 Å². The molecule has 1 aliphatic rings. The fourth-order valence-electron chi connectivity index (χ4n) is 4.00. The number of benzene rings is 3. The van der Waals surface area contributed by atoms with Crippen molar-refractivity contribution in [2.45, 2.75) is 19.1 Å². The van der Waals surface area contributed by atoms with E-state index in [2.05, 4.69) is 0 Å². The lowest BCUT2D eigenvalue weighted by molar-refractivity contribution is -0.136. The highest BCUT2D eigenvalue weighted by molar-refractivity contribution is 6.11. The number of anilines is 1. The molecule has 0 aliphatic carbocycles. The molecule has 6 heteroatoms. The van der Waals surface area contributed by atoms with Crippen LogP contribution >= 0.6 is 0 Å². The van der Waals surface area contributed by atoms with E-state index in [0.717, 1.165) is 11.6 Å². The Bertz CT molecular complexity index is 1120. The van der Waals surface area contributed by atoms with E-state index in [9.17, 15) is 19.1 Å². The van der Waals surface area contributed by atoms with Gasteiger partial charge in [0.15, 0.2) is 5.60 Å². The van der Waals surface area contributed by atoms with Gasteiger partial charge in [0.1, 0.15) is 12.4 Å². The minimum atomic E-state index is -2.05. The molecule has 0 aromatic heterocycles. The van der Waals surface area contributed by atoms with Gasteiger partial charge in [0.25, 0.3) is 5.91 Å². The monoisotopic (exact) mass is 418 g/mol. The van der Waals surface area contributed by atoms with Crippen molar-refractivity contribution < 1.29 is 19.1 Å². The Labute approximate surface area is 180 Å². The van der Waals surface area contributed by atoms with Crippen LogP contribution in [0.1, 0.15) is 23.6 Å². The van der Waals surface area contributed by atoms with Gasteiger partial charge in [-0.1, -0.05) is 60.7 Å². The van der Waals surface area contributed by atoms with Crippen LogP contribution < -0.4 is 4.90 Å². The highest BCUT2D eigenvalue weighted by atomic mass is 19.1. The van der Waals surface area contributed by atoms with Crippen LogP contribution in [-0.2, 0) is 21.7 Å². The second-order valence-electron chi connectivity index (χ2n) is 7.52. The number of nitrogens with zero attached hydrogens (tertiary/aromatic N) is 2. The van der Waals surface area contributed by atoms with Crippen LogP contribution in [0.25, 0.3) is 0 Å². The molecule has 3 aromatic rings. The van der Waals surface area contributed by atoms with Crippen molar-refractivity contribution in [2.75, 3.05) is 18.0 Å². The van der Waals surface area contributed by atoms with E-state index < -0.39 is 17.3 Å². The van der Waals surface area contributed by atoms with Crippen LogP contribution in [0, 0.1) is 5.82 Å². The average Bonchev–Trinajstić information content (AvgIpc) is 3.01. The zero-order valence-electron chi connectivity index (χ0n) is 17.2. The summed E-state index contributed by atoms with van der Waals surface area (Å²) < 4.78 is 13.9. The lowest BCUT2D eigenvalue weighted by Crippen LogP contribution is -2.46. The molecule has 0 unspecified atom stereocenters. The largest absolute Gasteiger partial charge is 0.372 e. The Kier molecular flexibility index (Phi) is 5.57. The molecule has 1 atom stereocenters. The van der Waals surface area contributed by atoms with Crippen LogP contribution in [0.15, 0.2) is 78.9 Å². The third-order valence-electron chi connectivity index (χ3n) is 5.63. The molecule has 3 aromatic carbocycles. The minimum absolute atomic E-state index is 0.136. The van der Waals surface area contributed by atoms with Crippen molar-refractivity contribution in [1.82, 2.24) is 4.90 Å². The maximum Gasteiger partial charge on any atom is 0.268 e. The number of carbonyl (C=O) groups excluding carboxylic acids is 2. The lowest BCUT2D eigenvalue weighted by atomic mass is 9.87. The number of hydrogen-bond acceptors (Lipinski definition) is 3. The van der Waals surface area contributed by atoms with Gasteiger partial charge >= 0.3 is 0 Å². The van der Waals surface area contributed by atoms with Gasteiger partial charge in [0, 0.05) is 24.2 Å². The molecular weight excluding hydrogens is 395 g/mol. The van der Waals surface area contributed by atoms with E-state index in [1.54, 1.807) is 29.2 Å². The van der Waals surface area contributed by atoms with Gasteiger partial charge in [-0.3, -0.25) is 14.5 Å². The second-order valence-corrected chi connectivity index (χ2v) is 7.52. The number of carbonyl (C=O) groups is 2. The predicted molar refractivity (Wildman–Crippen MR) is 116 cm³/mol. The Morgan fingerprint density at radius 1 is 1.03 bits per heavy atom. The van der Waals surface area contributed by atoms with Crippen molar-refractivity contribution in [1.29, 1.82) is 0 Å². The number of rotatable bonds is 6. The number of fused-ring (bicyclic) bond motifs is 1. The number of likely N-dealkylation sites (N-methyl/N-ethyl adjacent to an activating group) is 1. The maximum absolute atomic E-state index is 13.9. The topological polar surface area (TPSA) is 60.9 Å². The van der Waals surface area contributed by atoms with E-state index in [1.165, 1.54) is 23.1 Å². The van der Waals surface area contributed by atoms with Gasteiger partial charge in [-0.25, -0.2) is 4.39 Å². The summed E-state index contributed by atoms with van der Waals surface area (Å²) in [6.07, 6.45) is 0. The van der Waals surface area contributed by atoms with E-state index >= 15 is 0 Å². The zero-order chi connectivity index (χ0) is 22.0. The molecule has 31 heavy (non-hydrogen) atoms. The molecule has 1 N–H and O–H groups in total. The first-order chi connectivity index (χ1) is 14.9. The standard InChI is InChI=1S/C25H23FN2O3/c1-2-27(16-18-9-4-3-5-10-18)23(29)17-28-22-14-7-6-13-21(22)25(31,24(28)30)19-11-8-12-20(26)15-19/h3-15,31H,2,16-17H2,1H3/t25-/m0/s1. The van der Waals surface area contributed by atoms with Gasteiger partial charge in [-0.2, -0.15) is 0 Å². The van der Waals surface area contributed by atoms with E-state index in [4.69, 9.17) is 0 Å². The molecule has 0 saturated heterocycles. The molecule has 0 spiro atoms. The Morgan fingerprint density at radius 3 is 2.45 bits per heavy atom. The van der Waals surface area contributed by atoms with Gasteiger partial charge in [0.2, 0.25) is 5.91 Å². The van der Waals surface area contributed by atoms with E-state index in [0.29, 0.717) is 24.3 Å². The van der Waals surface area contributed by atoms with Gasteiger partial charge < -0.3 is 10.0 Å². The highest BCUT2D eigenvalue weighted by Crippen LogP contribution is 2.44. The van der Waals surface area contributed by atoms with Crippen LogP contribution in [0.3, 0.4) is 0 Å². The SMILES string of the molecule is CCN(Cc1ccccc1)C(=O)CN1C(=O)[C@](O)(c2cccc(F)c2)c2ccccc21. The zero-order valence-corrected chi connectivity index (χ0v) is 17.2. The smallest absolute Gasteiger partial charge is 0.268 e. The average molecular weight is 418 g/mol. The molecule has 1 heterocycles. The first kappa shape index (κ1) is 20.8. The second kappa shape index (κ2) is 8.32. The van der Waals surface area contributed by atoms with Crippen molar-refractivity contribution >= 4 is 17.5 Å². The number of halogens is 1. The Hall–Kier alpha value is -3.51. The molecule has 5 nitrogen and oxygen atoms in total. The summed E-state index contributed by atoms with van der Waals surface area (Å²) in [5, 5.41) is 11.4. The molecule has 2 amide bonds. The van der Waals surface area contributed by atoms with Crippen molar-refractivity contribution in [3.8, 4) is 0 Å². The molecule has 158 valence electrons. The molecule has 0 saturated carbocycles. The first-order valence-electron chi connectivity index (χ1n) is 10.2. The summed E-state index contributed by atoms with van der Waals surface area (Å²) in [4.78, 5) is 29.4. The van der Waals surface area contributed by atoms with Crippen molar-refractivity contribution in [2.24, 2.45) is 0 Å². The van der Waals surface area contributed by atoms with E-state index in [-0.39, 0.29) is 18.0 Å². The van der Waals surface area contributed by atoms with Crippen LogP contribution in [-0.4, -0.2) is 34.9 Å². The summed E-state index contributed by atoms with van der Waals surface area (Å²) in [7, 11) is 0. The lowest BCUT2D eigenvalue weighted by Gasteiger charge is -2.26. The maximum atomic E-state index is 13.9. The minimum Gasteiger partial charge on any atom is -0.372 e. The fourth-order valence-corrected chi connectivity index (χ4v) is 4.00. The van der Waals surface area contributed by atoms with E-state index in [1.807, 2.05) is 37.3 Å². The number of hydrogen-bond donors (Lipinski definition) is 1. The molecule has 0 fully saturated rings. The first-order valence-corrected chi connectivity index (χ1v) is 10.2. The number of para-hydroxylation sites is 1. The quantitative estimate of drug-likeness (QED) is 0.667. The van der Waals surface area contributed by atoms with Gasteiger partial charge in [-0.15, -0.1) is 0 Å². The summed E-state index contributed by atoms with van der Waals surface area (Å²) in [6, 6.07) is 21.7. The van der Waals surface area contributed by atoms with Gasteiger partial charge in [0.05, 0.1) is 5.69 Å². The normalized spacial score (nSPS) is 17.5. The van der Waals surface area contributed by atoms with Gasteiger partial charge in [-0.05, 0) is 30.7 Å². The molecule has 1 aliphatic heterocycles. The summed E-state index contributed by atoms with van der Waals surface area (Å²) >= 11 is 0. The molecule has 0 radical (unpaired) electrons. The Morgan fingerprint density at radius 2 is 1.74 bits per heavy atom. The fraction of sp³-hybridized carbons (Fsp3) is 0.200. The predicted octanol–water partition coefficient (Wildman–Crippen LogP) is 3.46. The molecular formula is C25H23FN2O3. The summed E-state index contributed by atoms with van der Waals surface area (Å²) in [5.74, 6) is -1.45. The summed E-state index contributed by atoms with van der Waals surface area (Å²) in [5.41, 5.74) is -0.137. The summed E-state index contributed by atoms with van der Waals surface area (Å²) in [6.45, 7) is 2.57. The van der Waals surface area contributed by atoms with Crippen LogP contribution in [0.2, 0.25) is 0 Å².